The van der Waals surface area contributed by atoms with E-state index in [9.17, 15) is 39.6 Å². The van der Waals surface area contributed by atoms with Crippen molar-refractivity contribution in [2.45, 2.75) is 160 Å². The number of rotatable bonds is 6. The van der Waals surface area contributed by atoms with Crippen LogP contribution in [0.3, 0.4) is 0 Å². The average molecular weight is 790 g/mol. The normalized spacial score (nSPS) is 41.5. The number of ether oxygens (including phenoxy) is 4. The first-order chi connectivity index (χ1) is 26.4. The number of amides is 1. The van der Waals surface area contributed by atoms with Gasteiger partial charge in [0, 0.05) is 44.9 Å². The van der Waals surface area contributed by atoms with Crippen LogP contribution in [0.15, 0.2) is 36.0 Å². The molecule has 4 N–H and O–H groups in total. The summed E-state index contributed by atoms with van der Waals surface area (Å²) in [5.41, 5.74) is 1.54. The van der Waals surface area contributed by atoms with Gasteiger partial charge in [0.15, 0.2) is 0 Å². The zero-order valence-corrected chi connectivity index (χ0v) is 34.4. The third-order valence-corrected chi connectivity index (χ3v) is 12.6. The highest BCUT2D eigenvalue weighted by molar-refractivity contribution is 6.39. The number of esters is 1. The van der Waals surface area contributed by atoms with E-state index in [0.29, 0.717) is 56.9 Å². The molecule has 4 aliphatic rings. The molecule has 1 saturated carbocycles. The quantitative estimate of drug-likeness (QED) is 0.172. The summed E-state index contributed by atoms with van der Waals surface area (Å²) < 4.78 is 24.1. The number of aliphatic hydroxyl groups is 4. The minimum atomic E-state index is -2.52. The van der Waals surface area contributed by atoms with Crippen LogP contribution in [0.1, 0.15) is 105 Å². The molecule has 1 unspecified atom stereocenters. The van der Waals surface area contributed by atoms with Gasteiger partial charge in [-0.25, -0.2) is 4.79 Å². The fourth-order valence-corrected chi connectivity index (χ4v) is 9.19. The molecule has 14 atom stereocenters. The molecule has 0 radical (unpaired) electrons. The van der Waals surface area contributed by atoms with Crippen molar-refractivity contribution >= 4 is 23.4 Å². The number of piperidine rings is 1. The molecule has 2 bridgehead atoms. The van der Waals surface area contributed by atoms with Gasteiger partial charge < -0.3 is 44.3 Å². The molecule has 56 heavy (non-hydrogen) atoms. The lowest BCUT2D eigenvalue weighted by Gasteiger charge is -2.47. The average Bonchev–Trinajstić information content (AvgIpc) is 3.16. The minimum absolute atomic E-state index is 0.00242. The number of hydrogen-bond donors (Lipinski definition) is 4. The third kappa shape index (κ3) is 10.8. The Kier molecular flexibility index (Phi) is 16.6. The molecule has 0 aromatic carbocycles. The number of ketones is 2. The van der Waals surface area contributed by atoms with Crippen LogP contribution in [0.4, 0.5) is 0 Å². The molecule has 4 rings (SSSR count). The van der Waals surface area contributed by atoms with Gasteiger partial charge in [0.2, 0.25) is 5.79 Å². The SMILES string of the molecule is C=CC[C@@H]1/C=C(\C)C[C@H](C)C[C@H](OC)[C@H]2O[C@@](O)(C(=O)C(=O)N3CCCC[C@H]3C(=O)O[C@H](/C(C)=C/C3CC[C@@H](O)[C@H](O)C3)[C@H](C)[C@H](O)CC1=O)[C@H](C)C[C@@H]2OC. The summed E-state index contributed by atoms with van der Waals surface area (Å²) in [4.78, 5) is 57.6. The molecule has 1 amide bonds. The fraction of sp³-hybridized carbons (Fsp3) is 0.767. The third-order valence-electron chi connectivity index (χ3n) is 12.6. The van der Waals surface area contributed by atoms with Gasteiger partial charge in [-0.3, -0.25) is 14.4 Å². The maximum absolute atomic E-state index is 14.2. The highest BCUT2D eigenvalue weighted by atomic mass is 16.7. The lowest BCUT2D eigenvalue weighted by atomic mass is 9.81. The second-order valence-electron chi connectivity index (χ2n) is 17.1. The molecular formula is C43H67NO12. The first kappa shape index (κ1) is 45.9. The monoisotopic (exact) mass is 789 g/mol. The zero-order chi connectivity index (χ0) is 41.5. The number of fused-ring (bicyclic) bond motifs is 3. The van der Waals surface area contributed by atoms with E-state index in [1.165, 1.54) is 14.2 Å². The Morgan fingerprint density at radius 3 is 2.27 bits per heavy atom. The maximum Gasteiger partial charge on any atom is 0.329 e. The van der Waals surface area contributed by atoms with E-state index >= 15 is 0 Å². The van der Waals surface area contributed by atoms with Crippen molar-refractivity contribution in [3.05, 3.63) is 36.0 Å². The van der Waals surface area contributed by atoms with E-state index < -0.39 is 90.0 Å². The van der Waals surface area contributed by atoms with Crippen LogP contribution in [0.5, 0.6) is 0 Å². The summed E-state index contributed by atoms with van der Waals surface area (Å²) in [6.45, 7) is 13.0. The highest BCUT2D eigenvalue weighted by Gasteiger charge is 2.56. The molecule has 0 spiro atoms. The summed E-state index contributed by atoms with van der Waals surface area (Å²) in [7, 11) is 3.04. The Hall–Kier alpha value is -2.78. The van der Waals surface area contributed by atoms with Crippen molar-refractivity contribution in [1.82, 2.24) is 4.90 Å². The molecule has 1 aliphatic carbocycles. The number of cyclic esters (lactones) is 1. The Labute approximate surface area is 332 Å². The molecule has 3 fully saturated rings. The van der Waals surface area contributed by atoms with E-state index in [4.69, 9.17) is 18.9 Å². The number of aliphatic hydroxyl groups excluding tert-OH is 3. The minimum Gasteiger partial charge on any atom is -0.456 e. The van der Waals surface area contributed by atoms with Crippen LogP contribution < -0.4 is 0 Å². The van der Waals surface area contributed by atoms with Crippen LogP contribution in [0.2, 0.25) is 0 Å². The van der Waals surface area contributed by atoms with Gasteiger partial charge in [0.05, 0.1) is 30.5 Å². The number of hydrogen-bond acceptors (Lipinski definition) is 12. The molecule has 316 valence electrons. The van der Waals surface area contributed by atoms with Gasteiger partial charge in [0.1, 0.15) is 24.0 Å². The standard InChI is InChI=1S/C43H67NO12/c1-9-12-30-18-24(2)17-25(3)19-36(53-7)39-37(54-8)21-27(5)43(52,56-39)40(49)41(50)44-16-11-10-13-31(44)42(51)55-38(28(6)33(46)23-34(30)47)26(4)20-29-14-15-32(45)35(48)22-29/h9,18,20,25,27-33,35-39,45-46,48,52H,1,10-17,19,21-23H2,2-8H3/b24-18+,26-20+/t25-,27+,28+,29?,30+,31-,32+,33+,35+,36-,37-,38+,39+,43+/m0/s1. The van der Waals surface area contributed by atoms with Crippen LogP contribution in [-0.4, -0.2) is 124 Å². The second-order valence-corrected chi connectivity index (χ2v) is 17.1. The Balaban J connectivity index is 1.78. The van der Waals surface area contributed by atoms with Crippen LogP contribution in [-0.2, 0) is 38.1 Å². The molecule has 0 aromatic rings. The summed E-state index contributed by atoms with van der Waals surface area (Å²) in [5.74, 6) is -8.03. The Bertz CT molecular complexity index is 1460. The lowest BCUT2D eigenvalue weighted by Crippen LogP contribution is -2.64. The van der Waals surface area contributed by atoms with Crippen LogP contribution in [0, 0.1) is 29.6 Å². The van der Waals surface area contributed by atoms with E-state index in [1.54, 1.807) is 26.8 Å². The number of allylic oxidation sites excluding steroid dienone is 4. The summed E-state index contributed by atoms with van der Waals surface area (Å²) >= 11 is 0. The smallest absolute Gasteiger partial charge is 0.329 e. The summed E-state index contributed by atoms with van der Waals surface area (Å²) in [6.07, 6.45) is 3.36. The Morgan fingerprint density at radius 1 is 0.946 bits per heavy atom. The maximum atomic E-state index is 14.2. The van der Waals surface area contributed by atoms with Crippen LogP contribution in [0.25, 0.3) is 0 Å². The van der Waals surface area contributed by atoms with Gasteiger partial charge in [-0.2, -0.15) is 0 Å². The first-order valence-electron chi connectivity index (χ1n) is 20.5. The second kappa shape index (κ2) is 20.3. The van der Waals surface area contributed by atoms with Crippen molar-refractivity contribution in [2.75, 3.05) is 20.8 Å². The van der Waals surface area contributed by atoms with Gasteiger partial charge in [0.25, 0.3) is 11.7 Å². The molecule has 13 nitrogen and oxygen atoms in total. The first-order valence-corrected chi connectivity index (χ1v) is 20.5. The number of methoxy groups -OCH3 is 2. The highest BCUT2D eigenvalue weighted by Crippen LogP contribution is 2.39. The molecule has 0 aromatic heterocycles. The lowest BCUT2D eigenvalue weighted by molar-refractivity contribution is -0.302. The fourth-order valence-electron chi connectivity index (χ4n) is 9.19. The van der Waals surface area contributed by atoms with Gasteiger partial charge in [-0.05, 0) is 95.5 Å². The molecular weight excluding hydrogens is 722 g/mol. The molecule has 3 aliphatic heterocycles. The topological polar surface area (TPSA) is 189 Å². The van der Waals surface area contributed by atoms with Crippen molar-refractivity contribution in [3.8, 4) is 0 Å². The molecule has 2 saturated heterocycles. The van der Waals surface area contributed by atoms with Gasteiger partial charge in [-0.1, -0.05) is 44.6 Å². The van der Waals surface area contributed by atoms with Crippen molar-refractivity contribution in [3.63, 3.8) is 0 Å². The number of Topliss-reactive ketones (excluding diaryl/α,β-unsaturated/α-hetero) is 2. The van der Waals surface area contributed by atoms with E-state index in [2.05, 4.69) is 6.58 Å². The zero-order valence-electron chi connectivity index (χ0n) is 34.4. The number of carbonyl (C=O) groups excluding carboxylic acids is 4. The summed E-state index contributed by atoms with van der Waals surface area (Å²) in [6, 6.07) is -1.16. The van der Waals surface area contributed by atoms with E-state index in [1.807, 2.05) is 26.0 Å². The number of nitrogens with zero attached hydrogens (tertiary/aromatic N) is 1. The van der Waals surface area contributed by atoms with Crippen molar-refractivity contribution in [1.29, 1.82) is 0 Å². The summed E-state index contributed by atoms with van der Waals surface area (Å²) in [5, 5.41) is 44.1. The van der Waals surface area contributed by atoms with Gasteiger partial charge >= 0.3 is 5.97 Å². The van der Waals surface area contributed by atoms with Crippen molar-refractivity contribution in [2.24, 2.45) is 29.6 Å². The predicted molar refractivity (Wildman–Crippen MR) is 208 cm³/mol. The number of carbonyl (C=O) groups is 4. The predicted octanol–water partition coefficient (Wildman–Crippen LogP) is 3.98. The van der Waals surface area contributed by atoms with E-state index in [-0.39, 0.29) is 43.4 Å². The molecule has 13 heteroatoms. The van der Waals surface area contributed by atoms with E-state index in [0.717, 1.165) is 10.5 Å². The molecule has 3 heterocycles. The van der Waals surface area contributed by atoms with Crippen LogP contribution >= 0.6 is 0 Å². The van der Waals surface area contributed by atoms with Gasteiger partial charge in [-0.15, -0.1) is 6.58 Å². The Morgan fingerprint density at radius 2 is 1.62 bits per heavy atom. The van der Waals surface area contributed by atoms with Crippen molar-refractivity contribution < 1.29 is 58.6 Å². The largest absolute Gasteiger partial charge is 0.456 e.